The average molecular weight is 371 g/mol. The maximum Gasteiger partial charge on any atom is 0.279 e. The van der Waals surface area contributed by atoms with Crippen LogP contribution in [0.25, 0.3) is 0 Å². The Kier molecular flexibility index (Phi) is 6.00. The molecule has 0 radical (unpaired) electrons. The maximum absolute atomic E-state index is 13.5. The summed E-state index contributed by atoms with van der Waals surface area (Å²) in [5, 5.41) is 0.524. The number of para-hydroxylation sites is 1. The molecular formula is C16H13Cl2FN2O3. The Balaban J connectivity index is 1.91. The SMILES string of the molecule is C[C@H](Oc1ccccc1F)C(=O)NNC(=O)c1ccc(Cl)c(Cl)c1. The lowest BCUT2D eigenvalue weighted by molar-refractivity contribution is -0.128. The molecule has 0 unspecified atom stereocenters. The largest absolute Gasteiger partial charge is 0.478 e. The molecule has 0 saturated carbocycles. The minimum atomic E-state index is -1.02. The highest BCUT2D eigenvalue weighted by molar-refractivity contribution is 6.42. The Morgan fingerprint density at radius 1 is 1.08 bits per heavy atom. The molecule has 0 heterocycles. The number of amides is 2. The highest BCUT2D eigenvalue weighted by atomic mass is 35.5. The van der Waals surface area contributed by atoms with Crippen LogP contribution in [-0.2, 0) is 4.79 Å². The topological polar surface area (TPSA) is 67.4 Å². The Morgan fingerprint density at radius 3 is 2.46 bits per heavy atom. The summed E-state index contributed by atoms with van der Waals surface area (Å²) >= 11 is 11.6. The summed E-state index contributed by atoms with van der Waals surface area (Å²) in [4.78, 5) is 23.8. The molecule has 2 N–H and O–H groups in total. The molecule has 2 aromatic rings. The molecule has 8 heteroatoms. The zero-order valence-corrected chi connectivity index (χ0v) is 14.0. The van der Waals surface area contributed by atoms with Crippen LogP contribution in [0.2, 0.25) is 10.0 Å². The maximum atomic E-state index is 13.5. The second-order valence-electron chi connectivity index (χ2n) is 4.76. The number of nitrogens with one attached hydrogen (secondary N) is 2. The third-order valence-corrected chi connectivity index (χ3v) is 3.73. The quantitative estimate of drug-likeness (QED) is 0.810. The van der Waals surface area contributed by atoms with E-state index in [-0.39, 0.29) is 16.3 Å². The second kappa shape index (κ2) is 7.99. The molecule has 0 aliphatic carbocycles. The summed E-state index contributed by atoms with van der Waals surface area (Å²) in [6.45, 7) is 1.42. The van der Waals surface area contributed by atoms with Gasteiger partial charge in [-0.2, -0.15) is 0 Å². The molecule has 2 aromatic carbocycles. The van der Waals surface area contributed by atoms with E-state index in [0.29, 0.717) is 5.02 Å². The summed E-state index contributed by atoms with van der Waals surface area (Å²) < 4.78 is 18.7. The first-order chi connectivity index (χ1) is 11.4. The van der Waals surface area contributed by atoms with Gasteiger partial charge in [0.1, 0.15) is 0 Å². The molecule has 0 saturated heterocycles. The minimum Gasteiger partial charge on any atom is -0.478 e. The smallest absolute Gasteiger partial charge is 0.279 e. The summed E-state index contributed by atoms with van der Waals surface area (Å²) in [5.41, 5.74) is 4.62. The molecule has 5 nitrogen and oxygen atoms in total. The standard InChI is InChI=1S/C16H13Cl2FN2O3/c1-9(24-14-5-3-2-4-13(14)19)15(22)20-21-16(23)10-6-7-11(17)12(18)8-10/h2-9H,1H3,(H,20,22)(H,21,23)/t9-/m0/s1. The van der Waals surface area contributed by atoms with Crippen molar-refractivity contribution in [2.24, 2.45) is 0 Å². The molecule has 126 valence electrons. The predicted molar refractivity (Wildman–Crippen MR) is 88.6 cm³/mol. The monoisotopic (exact) mass is 370 g/mol. The molecule has 0 aliphatic rings. The van der Waals surface area contributed by atoms with Crippen molar-refractivity contribution in [1.29, 1.82) is 0 Å². The second-order valence-corrected chi connectivity index (χ2v) is 5.58. The van der Waals surface area contributed by atoms with E-state index in [1.165, 1.54) is 43.3 Å². The van der Waals surface area contributed by atoms with Crippen LogP contribution < -0.4 is 15.6 Å². The molecule has 24 heavy (non-hydrogen) atoms. The van der Waals surface area contributed by atoms with Crippen LogP contribution in [0.3, 0.4) is 0 Å². The lowest BCUT2D eigenvalue weighted by atomic mass is 10.2. The molecule has 1 atom stereocenters. The first-order valence-corrected chi connectivity index (χ1v) is 7.60. The van der Waals surface area contributed by atoms with Crippen molar-refractivity contribution >= 4 is 35.0 Å². The van der Waals surface area contributed by atoms with Crippen LogP contribution in [0, 0.1) is 5.82 Å². The Morgan fingerprint density at radius 2 is 1.79 bits per heavy atom. The third kappa shape index (κ3) is 4.59. The van der Waals surface area contributed by atoms with Crippen LogP contribution >= 0.6 is 23.2 Å². The number of hydrogen-bond acceptors (Lipinski definition) is 3. The van der Waals surface area contributed by atoms with Gasteiger partial charge in [-0.15, -0.1) is 0 Å². The number of rotatable bonds is 4. The highest BCUT2D eigenvalue weighted by Gasteiger charge is 2.17. The normalized spacial score (nSPS) is 11.5. The molecule has 0 fully saturated rings. The van der Waals surface area contributed by atoms with Gasteiger partial charge in [0.25, 0.3) is 11.8 Å². The first-order valence-electron chi connectivity index (χ1n) is 6.85. The first kappa shape index (κ1) is 18.0. The van der Waals surface area contributed by atoms with E-state index in [0.717, 1.165) is 0 Å². The van der Waals surface area contributed by atoms with Gasteiger partial charge >= 0.3 is 0 Å². The van der Waals surface area contributed by atoms with Crippen molar-refractivity contribution in [3.63, 3.8) is 0 Å². The van der Waals surface area contributed by atoms with E-state index in [9.17, 15) is 14.0 Å². The van der Waals surface area contributed by atoms with Crippen LogP contribution in [0.1, 0.15) is 17.3 Å². The zero-order valence-electron chi connectivity index (χ0n) is 12.5. The van der Waals surface area contributed by atoms with Crippen molar-refractivity contribution in [2.45, 2.75) is 13.0 Å². The van der Waals surface area contributed by atoms with Crippen molar-refractivity contribution in [3.8, 4) is 5.75 Å². The van der Waals surface area contributed by atoms with E-state index in [1.54, 1.807) is 6.07 Å². The molecule has 2 rings (SSSR count). The van der Waals surface area contributed by atoms with Gasteiger partial charge in [-0.1, -0.05) is 35.3 Å². The van der Waals surface area contributed by atoms with Gasteiger partial charge in [0, 0.05) is 5.56 Å². The van der Waals surface area contributed by atoms with E-state index < -0.39 is 23.7 Å². The minimum absolute atomic E-state index is 0.0593. The number of benzene rings is 2. The Labute approximate surface area is 147 Å². The molecule has 0 aromatic heterocycles. The fraction of sp³-hybridized carbons (Fsp3) is 0.125. The molecular weight excluding hydrogens is 358 g/mol. The fourth-order valence-corrected chi connectivity index (χ4v) is 2.01. The van der Waals surface area contributed by atoms with Crippen LogP contribution in [0.15, 0.2) is 42.5 Å². The number of hydrazine groups is 1. The summed E-state index contributed by atoms with van der Waals surface area (Å²) in [6.07, 6.45) is -1.02. The number of carbonyl (C=O) groups is 2. The fourth-order valence-electron chi connectivity index (χ4n) is 1.71. The molecule has 0 aliphatic heterocycles. The molecule has 0 bridgehead atoms. The van der Waals surface area contributed by atoms with Crippen molar-refractivity contribution in [1.82, 2.24) is 10.9 Å². The van der Waals surface area contributed by atoms with Crippen LogP contribution in [-0.4, -0.2) is 17.9 Å². The third-order valence-electron chi connectivity index (χ3n) is 2.99. The molecule has 0 spiro atoms. The summed E-state index contributed by atoms with van der Waals surface area (Å²) in [5.74, 6) is -1.88. The van der Waals surface area contributed by atoms with Crippen molar-refractivity contribution in [3.05, 3.63) is 63.9 Å². The average Bonchev–Trinajstić information content (AvgIpc) is 2.56. The van der Waals surface area contributed by atoms with Gasteiger partial charge in [0.05, 0.1) is 10.0 Å². The zero-order chi connectivity index (χ0) is 17.7. The number of carbonyl (C=O) groups excluding carboxylic acids is 2. The lowest BCUT2D eigenvalue weighted by Gasteiger charge is -2.15. The van der Waals surface area contributed by atoms with Crippen molar-refractivity contribution in [2.75, 3.05) is 0 Å². The number of hydrogen-bond donors (Lipinski definition) is 2. The number of ether oxygens (including phenoxy) is 1. The van der Waals surface area contributed by atoms with Crippen LogP contribution in [0.5, 0.6) is 5.75 Å². The van der Waals surface area contributed by atoms with Gasteiger partial charge in [-0.25, -0.2) is 4.39 Å². The van der Waals surface area contributed by atoms with E-state index in [4.69, 9.17) is 27.9 Å². The van der Waals surface area contributed by atoms with E-state index in [2.05, 4.69) is 10.9 Å². The van der Waals surface area contributed by atoms with E-state index in [1.807, 2.05) is 0 Å². The van der Waals surface area contributed by atoms with Gasteiger partial charge < -0.3 is 4.74 Å². The van der Waals surface area contributed by atoms with Crippen LogP contribution in [0.4, 0.5) is 4.39 Å². The van der Waals surface area contributed by atoms with Gasteiger partial charge in [0.2, 0.25) is 0 Å². The highest BCUT2D eigenvalue weighted by Crippen LogP contribution is 2.22. The summed E-state index contributed by atoms with van der Waals surface area (Å²) in [6, 6.07) is 9.98. The van der Waals surface area contributed by atoms with Crippen molar-refractivity contribution < 1.29 is 18.7 Å². The Bertz CT molecular complexity index is 771. The van der Waals surface area contributed by atoms with E-state index >= 15 is 0 Å². The number of halogens is 3. The van der Waals surface area contributed by atoms with Gasteiger partial charge in [-0.3, -0.25) is 20.4 Å². The van der Waals surface area contributed by atoms with Gasteiger partial charge in [0.15, 0.2) is 17.7 Å². The predicted octanol–water partition coefficient (Wildman–Crippen LogP) is 3.36. The lowest BCUT2D eigenvalue weighted by Crippen LogP contribution is -2.47. The summed E-state index contributed by atoms with van der Waals surface area (Å²) in [7, 11) is 0. The molecule has 2 amide bonds. The Hall–Kier alpha value is -2.31. The van der Waals surface area contributed by atoms with Gasteiger partial charge in [-0.05, 0) is 37.3 Å².